The van der Waals surface area contributed by atoms with E-state index in [0.717, 1.165) is 29.9 Å². The Morgan fingerprint density at radius 3 is 1.91 bits per heavy atom. The van der Waals surface area contributed by atoms with Crippen molar-refractivity contribution in [2.24, 2.45) is 0 Å². The third-order valence-electron chi connectivity index (χ3n) is 12.8. The van der Waals surface area contributed by atoms with Gasteiger partial charge in [-0.1, -0.05) is 127 Å². The predicted molar refractivity (Wildman–Crippen MR) is 249 cm³/mol. The molecule has 0 fully saturated rings. The zero-order valence-corrected chi connectivity index (χ0v) is 32.6. The molecule has 272 valence electrons. The molecule has 58 heavy (non-hydrogen) atoms. The fourth-order valence-electron chi connectivity index (χ4n) is 10.1. The van der Waals surface area contributed by atoms with Crippen molar-refractivity contribution in [2.75, 3.05) is 4.90 Å². The summed E-state index contributed by atoms with van der Waals surface area (Å²) in [6, 6.07) is 63.6. The van der Waals surface area contributed by atoms with E-state index >= 15 is 0 Å². The standard InChI is InChI=1S/C55H36N2S/c1-2-10-42-38(9-1)31-39-20-19-36(32-48(39)42)34-21-26-40(27-22-34)56(41-28-23-35(24-29-41)37-25-30-53-49(33-37)44-12-4-6-18-52(44)58-53)51-17-8-15-47-46-14-7-13-45-43-11-3-5-16-50(43)57(54(45)46)55(47)51/h2-8,10-30,32-33H,1,9,31H2. The molecule has 2 nitrogen and oxygen atoms in total. The number of hydrogen-bond acceptors (Lipinski definition) is 2. The summed E-state index contributed by atoms with van der Waals surface area (Å²) in [4.78, 5) is 2.46. The first kappa shape index (κ1) is 32.2. The lowest BCUT2D eigenvalue weighted by Crippen LogP contribution is -2.11. The molecule has 3 aromatic heterocycles. The highest BCUT2D eigenvalue weighted by atomic mass is 32.1. The Morgan fingerprint density at radius 2 is 1.10 bits per heavy atom. The van der Waals surface area contributed by atoms with E-state index in [1.807, 2.05) is 11.3 Å². The van der Waals surface area contributed by atoms with Crippen molar-refractivity contribution >= 4 is 92.2 Å². The average molecular weight is 757 g/mol. The van der Waals surface area contributed by atoms with Gasteiger partial charge in [0, 0.05) is 53.1 Å². The lowest BCUT2D eigenvalue weighted by Gasteiger charge is -2.27. The Labute approximate surface area is 340 Å². The minimum atomic E-state index is 1.09. The molecule has 13 rings (SSSR count). The Balaban J connectivity index is 0.978. The molecule has 0 aliphatic heterocycles. The third kappa shape index (κ3) is 4.65. The van der Waals surface area contributed by atoms with E-state index in [2.05, 4.69) is 191 Å². The number of hydrogen-bond donors (Lipinski definition) is 0. The summed E-state index contributed by atoms with van der Waals surface area (Å²) in [7, 11) is 0. The van der Waals surface area contributed by atoms with Crippen LogP contribution in [0.1, 0.15) is 24.0 Å². The van der Waals surface area contributed by atoms with E-state index in [1.165, 1.54) is 104 Å². The molecule has 0 atom stereocenters. The topological polar surface area (TPSA) is 7.65 Å². The molecule has 0 bridgehead atoms. The van der Waals surface area contributed by atoms with Crippen molar-refractivity contribution in [1.29, 1.82) is 0 Å². The van der Waals surface area contributed by atoms with Gasteiger partial charge in [-0.25, -0.2) is 0 Å². The Hall–Kier alpha value is -6.94. The highest BCUT2D eigenvalue weighted by Crippen LogP contribution is 2.47. The zero-order chi connectivity index (χ0) is 37.9. The van der Waals surface area contributed by atoms with Crippen LogP contribution in [0.5, 0.6) is 0 Å². The molecule has 8 aromatic carbocycles. The van der Waals surface area contributed by atoms with Gasteiger partial charge in [0.05, 0.1) is 22.2 Å². The molecule has 0 unspecified atom stereocenters. The van der Waals surface area contributed by atoms with E-state index in [4.69, 9.17) is 0 Å². The lowest BCUT2D eigenvalue weighted by molar-refractivity contribution is 0.935. The Morgan fingerprint density at radius 1 is 0.483 bits per heavy atom. The van der Waals surface area contributed by atoms with Gasteiger partial charge in [-0.2, -0.15) is 0 Å². The summed E-state index contributed by atoms with van der Waals surface area (Å²) >= 11 is 1.87. The predicted octanol–water partition coefficient (Wildman–Crippen LogP) is 15.7. The van der Waals surface area contributed by atoms with Crippen molar-refractivity contribution in [3.05, 3.63) is 199 Å². The van der Waals surface area contributed by atoms with Crippen molar-refractivity contribution in [3.8, 4) is 22.3 Å². The van der Waals surface area contributed by atoms with E-state index in [-0.39, 0.29) is 0 Å². The molecular weight excluding hydrogens is 721 g/mol. The minimum Gasteiger partial charge on any atom is -0.308 e. The summed E-state index contributed by atoms with van der Waals surface area (Å²) in [6.45, 7) is 0. The van der Waals surface area contributed by atoms with Crippen LogP contribution in [0.25, 0.3) is 86.1 Å². The fraction of sp³-hybridized carbons (Fsp3) is 0.0545. The zero-order valence-electron chi connectivity index (χ0n) is 31.7. The van der Waals surface area contributed by atoms with E-state index in [9.17, 15) is 0 Å². The van der Waals surface area contributed by atoms with Gasteiger partial charge < -0.3 is 9.30 Å². The fourth-order valence-corrected chi connectivity index (χ4v) is 11.2. The van der Waals surface area contributed by atoms with Crippen LogP contribution >= 0.6 is 11.3 Å². The van der Waals surface area contributed by atoms with Crippen molar-refractivity contribution in [1.82, 2.24) is 4.40 Å². The molecule has 2 aliphatic carbocycles. The highest BCUT2D eigenvalue weighted by Gasteiger charge is 2.24. The number of rotatable bonds is 5. The van der Waals surface area contributed by atoms with Crippen LogP contribution in [0, 0.1) is 0 Å². The van der Waals surface area contributed by atoms with Gasteiger partial charge in [0.25, 0.3) is 0 Å². The molecule has 3 heterocycles. The summed E-state index contributed by atoms with van der Waals surface area (Å²) in [6.07, 6.45) is 8.11. The molecule has 3 heteroatoms. The molecule has 0 saturated heterocycles. The molecular formula is C55H36N2S. The second kappa shape index (κ2) is 12.3. The summed E-state index contributed by atoms with van der Waals surface area (Å²) in [5.41, 5.74) is 18.0. The first-order valence-electron chi connectivity index (χ1n) is 20.4. The quantitative estimate of drug-likeness (QED) is 0.170. The first-order valence-corrected chi connectivity index (χ1v) is 21.2. The molecule has 11 aromatic rings. The van der Waals surface area contributed by atoms with Crippen LogP contribution in [-0.2, 0) is 6.42 Å². The van der Waals surface area contributed by atoms with Crippen LogP contribution in [0.15, 0.2) is 188 Å². The van der Waals surface area contributed by atoms with Gasteiger partial charge in [-0.15, -0.1) is 11.3 Å². The molecule has 2 aliphatic rings. The molecule has 0 amide bonds. The maximum absolute atomic E-state index is 2.51. The minimum absolute atomic E-state index is 1.09. The lowest BCUT2D eigenvalue weighted by atomic mass is 9.95. The van der Waals surface area contributed by atoms with Crippen molar-refractivity contribution < 1.29 is 0 Å². The number of benzene rings is 8. The second-order valence-electron chi connectivity index (χ2n) is 16.0. The highest BCUT2D eigenvalue weighted by molar-refractivity contribution is 7.25. The summed E-state index contributed by atoms with van der Waals surface area (Å²) in [5.74, 6) is 0. The maximum Gasteiger partial charge on any atom is 0.0782 e. The van der Waals surface area contributed by atoms with Crippen LogP contribution in [0.2, 0.25) is 0 Å². The van der Waals surface area contributed by atoms with Crippen LogP contribution in [-0.4, -0.2) is 4.40 Å². The van der Waals surface area contributed by atoms with Gasteiger partial charge >= 0.3 is 0 Å². The van der Waals surface area contributed by atoms with E-state index < -0.39 is 0 Å². The van der Waals surface area contributed by atoms with Crippen LogP contribution in [0.4, 0.5) is 17.1 Å². The largest absolute Gasteiger partial charge is 0.308 e. The van der Waals surface area contributed by atoms with Gasteiger partial charge in [-0.05, 0) is 119 Å². The summed E-state index contributed by atoms with van der Waals surface area (Å²) < 4.78 is 5.17. The Bertz CT molecular complexity index is 3520. The van der Waals surface area contributed by atoms with E-state index in [0.29, 0.717) is 0 Å². The van der Waals surface area contributed by atoms with Gasteiger partial charge in [0.2, 0.25) is 0 Å². The monoisotopic (exact) mass is 756 g/mol. The number of thiophene rings is 1. The molecule has 0 radical (unpaired) electrons. The van der Waals surface area contributed by atoms with E-state index in [1.54, 1.807) is 5.57 Å². The normalized spacial score (nSPS) is 13.9. The number of anilines is 3. The van der Waals surface area contributed by atoms with Gasteiger partial charge in [-0.3, -0.25) is 0 Å². The molecule has 0 saturated carbocycles. The number of nitrogens with zero attached hydrogens (tertiary/aromatic N) is 2. The summed E-state index contributed by atoms with van der Waals surface area (Å²) in [5, 5.41) is 7.79. The first-order chi connectivity index (χ1) is 28.7. The smallest absolute Gasteiger partial charge is 0.0782 e. The number of fused-ring (bicyclic) bond motifs is 11. The van der Waals surface area contributed by atoms with Gasteiger partial charge in [0.1, 0.15) is 0 Å². The third-order valence-corrected chi connectivity index (χ3v) is 14.0. The van der Waals surface area contributed by atoms with Crippen molar-refractivity contribution in [2.45, 2.75) is 19.3 Å². The van der Waals surface area contributed by atoms with Crippen molar-refractivity contribution in [3.63, 3.8) is 0 Å². The van der Waals surface area contributed by atoms with Crippen LogP contribution < -0.4 is 4.90 Å². The SMILES string of the molecule is C1=CC2=C(CC1)Cc1ccc(-c3ccc(N(c4ccc(-c5ccc6sc7ccccc7c6c5)cc4)c4cccc5c6cccc7c8ccccc8n(c45)c76)cc3)cc12. The van der Waals surface area contributed by atoms with Gasteiger partial charge in [0.15, 0.2) is 0 Å². The molecule has 0 spiro atoms. The number of aromatic nitrogens is 1. The maximum atomic E-state index is 2.51. The average Bonchev–Trinajstić information content (AvgIpc) is 4.04. The Kier molecular flexibility index (Phi) is 6.81. The number of allylic oxidation sites excluding steroid dienone is 4. The number of para-hydroxylation sites is 3. The van der Waals surface area contributed by atoms with Crippen LogP contribution in [0.3, 0.4) is 0 Å². The molecule has 0 N–H and O–H groups in total. The second-order valence-corrected chi connectivity index (χ2v) is 17.1.